The molecule has 0 amide bonds. The quantitative estimate of drug-likeness (QED) is 0.333. The Kier molecular flexibility index (Phi) is 9.26. The monoisotopic (exact) mass is 505 g/mol. The van der Waals surface area contributed by atoms with Crippen molar-refractivity contribution < 1.29 is 23.4 Å². The van der Waals surface area contributed by atoms with E-state index < -0.39 is 11.7 Å². The largest absolute Gasteiger partial charge is 0.417 e. The molecule has 9 heteroatoms. The van der Waals surface area contributed by atoms with Gasteiger partial charge in [-0.15, -0.1) is 0 Å². The third kappa shape index (κ3) is 6.81. The first-order valence-corrected chi connectivity index (χ1v) is 11.6. The zero-order valence-corrected chi connectivity index (χ0v) is 20.0. The molecule has 0 unspecified atom stereocenters. The summed E-state index contributed by atoms with van der Waals surface area (Å²) >= 11 is 6.01. The van der Waals surface area contributed by atoms with Crippen molar-refractivity contribution in [2.24, 2.45) is 0 Å². The lowest BCUT2D eigenvalue weighted by Gasteiger charge is -2.12. The molecule has 0 bridgehead atoms. The fourth-order valence-electron chi connectivity index (χ4n) is 3.76. The summed E-state index contributed by atoms with van der Waals surface area (Å²) in [6.45, 7) is 1.98. The van der Waals surface area contributed by atoms with Crippen molar-refractivity contribution in [3.8, 4) is 5.69 Å². The molecule has 2 heterocycles. The van der Waals surface area contributed by atoms with Gasteiger partial charge in [-0.1, -0.05) is 23.7 Å². The number of aliphatic hydroxyl groups excluding tert-OH is 2. The van der Waals surface area contributed by atoms with Crippen LogP contribution in [0, 0.1) is 0 Å². The third-order valence-electron chi connectivity index (χ3n) is 5.33. The Labute approximate surface area is 206 Å². The third-order valence-corrected chi connectivity index (χ3v) is 5.64. The van der Waals surface area contributed by atoms with Gasteiger partial charge in [-0.05, 0) is 73.7 Å². The summed E-state index contributed by atoms with van der Waals surface area (Å²) in [5.41, 5.74) is 2.77. The predicted molar refractivity (Wildman–Crippen MR) is 131 cm³/mol. The molecule has 2 aromatic carbocycles. The van der Waals surface area contributed by atoms with Crippen molar-refractivity contribution in [1.82, 2.24) is 14.5 Å². The van der Waals surface area contributed by atoms with Crippen molar-refractivity contribution in [2.75, 3.05) is 13.2 Å². The molecule has 2 aromatic heterocycles. The molecular formula is C26H27ClF3N3O2. The van der Waals surface area contributed by atoms with E-state index in [9.17, 15) is 13.2 Å². The Balaban J connectivity index is 0.00000108. The lowest BCUT2D eigenvalue weighted by Crippen LogP contribution is -2.06. The smallest absolute Gasteiger partial charge is 0.397 e. The second-order valence-electron chi connectivity index (χ2n) is 7.85. The number of aryl methyl sites for hydroxylation is 2. The van der Waals surface area contributed by atoms with Crippen molar-refractivity contribution >= 4 is 22.6 Å². The Morgan fingerprint density at radius 2 is 1.54 bits per heavy atom. The number of nitrogens with zero attached hydrogens (tertiary/aromatic N) is 3. The maximum absolute atomic E-state index is 13.4. The number of imidazole rings is 1. The molecule has 186 valence electrons. The van der Waals surface area contributed by atoms with E-state index in [2.05, 4.69) is 9.97 Å². The average Bonchev–Trinajstić information content (AvgIpc) is 3.17. The van der Waals surface area contributed by atoms with Gasteiger partial charge in [0.15, 0.2) is 0 Å². The van der Waals surface area contributed by atoms with E-state index in [4.69, 9.17) is 21.8 Å². The van der Waals surface area contributed by atoms with Crippen LogP contribution in [0.3, 0.4) is 0 Å². The number of fused-ring (bicyclic) bond motifs is 1. The molecule has 0 saturated carbocycles. The van der Waals surface area contributed by atoms with Gasteiger partial charge in [-0.25, -0.2) is 4.98 Å². The highest BCUT2D eigenvalue weighted by atomic mass is 35.5. The average molecular weight is 506 g/mol. The van der Waals surface area contributed by atoms with Crippen molar-refractivity contribution in [2.45, 2.75) is 38.8 Å². The molecule has 0 aliphatic heterocycles. The SMILES string of the molecule is CCO.OCCc1ccc(-n2c(CCCc3ccncc3)nc3cc(C(F)(F)F)c(Cl)cc32)cc1. The molecule has 0 radical (unpaired) electrons. The van der Waals surface area contributed by atoms with Gasteiger partial charge in [0.2, 0.25) is 0 Å². The summed E-state index contributed by atoms with van der Waals surface area (Å²) < 4.78 is 42.0. The number of halogens is 4. The first kappa shape index (κ1) is 26.7. The minimum Gasteiger partial charge on any atom is -0.397 e. The minimum absolute atomic E-state index is 0.0451. The maximum atomic E-state index is 13.4. The van der Waals surface area contributed by atoms with Crippen LogP contribution in [0.5, 0.6) is 0 Å². The van der Waals surface area contributed by atoms with Crippen LogP contribution >= 0.6 is 11.6 Å². The molecule has 0 atom stereocenters. The van der Waals surface area contributed by atoms with Crippen LogP contribution in [0.15, 0.2) is 60.9 Å². The van der Waals surface area contributed by atoms with E-state index >= 15 is 0 Å². The number of pyridine rings is 1. The highest BCUT2D eigenvalue weighted by Gasteiger charge is 2.34. The second kappa shape index (κ2) is 12.2. The molecular weight excluding hydrogens is 479 g/mol. The molecule has 2 N–H and O–H groups in total. The summed E-state index contributed by atoms with van der Waals surface area (Å²) in [6.07, 6.45) is 1.60. The molecule has 0 spiro atoms. The Hall–Kier alpha value is -2.94. The predicted octanol–water partition coefficient (Wildman–Crippen LogP) is 5.80. The van der Waals surface area contributed by atoms with E-state index in [-0.39, 0.29) is 23.8 Å². The molecule has 0 aliphatic rings. The van der Waals surface area contributed by atoms with Gasteiger partial charge in [-0.3, -0.25) is 9.55 Å². The lowest BCUT2D eigenvalue weighted by molar-refractivity contribution is -0.137. The number of hydrogen-bond acceptors (Lipinski definition) is 4. The number of hydrogen-bond donors (Lipinski definition) is 2. The zero-order valence-electron chi connectivity index (χ0n) is 19.3. The van der Waals surface area contributed by atoms with Gasteiger partial charge < -0.3 is 10.2 Å². The molecule has 0 aliphatic carbocycles. The Morgan fingerprint density at radius 1 is 0.914 bits per heavy atom. The highest BCUT2D eigenvalue weighted by molar-refractivity contribution is 6.32. The van der Waals surface area contributed by atoms with Gasteiger partial charge in [0, 0.05) is 37.7 Å². The highest BCUT2D eigenvalue weighted by Crippen LogP contribution is 2.38. The molecule has 4 aromatic rings. The van der Waals surface area contributed by atoms with Crippen LogP contribution < -0.4 is 0 Å². The van der Waals surface area contributed by atoms with Crippen LogP contribution in [-0.2, 0) is 25.4 Å². The topological polar surface area (TPSA) is 71.2 Å². The summed E-state index contributed by atoms with van der Waals surface area (Å²) in [6, 6.07) is 13.8. The minimum atomic E-state index is -4.55. The number of rotatable bonds is 7. The van der Waals surface area contributed by atoms with Gasteiger partial charge in [0.05, 0.1) is 21.6 Å². The van der Waals surface area contributed by atoms with E-state index in [1.165, 1.54) is 6.07 Å². The molecule has 0 fully saturated rings. The van der Waals surface area contributed by atoms with E-state index in [1.54, 1.807) is 19.3 Å². The van der Waals surface area contributed by atoms with E-state index in [0.717, 1.165) is 35.7 Å². The normalized spacial score (nSPS) is 11.4. The van der Waals surface area contributed by atoms with Crippen LogP contribution in [-0.4, -0.2) is 38.0 Å². The number of benzene rings is 2. The summed E-state index contributed by atoms with van der Waals surface area (Å²) in [5, 5.41) is 16.4. The second-order valence-corrected chi connectivity index (χ2v) is 8.25. The van der Waals surface area contributed by atoms with E-state index in [0.29, 0.717) is 24.2 Å². The van der Waals surface area contributed by atoms with Gasteiger partial charge in [-0.2, -0.15) is 13.2 Å². The van der Waals surface area contributed by atoms with Gasteiger partial charge in [0.1, 0.15) is 5.82 Å². The Morgan fingerprint density at radius 3 is 2.14 bits per heavy atom. The number of alkyl halides is 3. The number of aliphatic hydroxyl groups is 2. The first-order chi connectivity index (χ1) is 16.8. The van der Waals surface area contributed by atoms with Gasteiger partial charge in [0.25, 0.3) is 0 Å². The molecule has 4 rings (SSSR count). The van der Waals surface area contributed by atoms with Crippen molar-refractivity contribution in [1.29, 1.82) is 0 Å². The fraction of sp³-hybridized carbons (Fsp3) is 0.308. The van der Waals surface area contributed by atoms with Crippen LogP contribution in [0.25, 0.3) is 16.7 Å². The van der Waals surface area contributed by atoms with Crippen LogP contribution in [0.2, 0.25) is 5.02 Å². The van der Waals surface area contributed by atoms with Crippen molar-refractivity contribution in [3.63, 3.8) is 0 Å². The maximum Gasteiger partial charge on any atom is 0.417 e. The van der Waals surface area contributed by atoms with Crippen molar-refractivity contribution in [3.05, 3.63) is 88.5 Å². The Bertz CT molecular complexity index is 1230. The number of aromatic nitrogens is 3. The molecule has 0 saturated heterocycles. The summed E-state index contributed by atoms with van der Waals surface area (Å²) in [7, 11) is 0. The fourth-order valence-corrected chi connectivity index (χ4v) is 4.03. The zero-order chi connectivity index (χ0) is 25.4. The lowest BCUT2D eigenvalue weighted by atomic mass is 10.1. The van der Waals surface area contributed by atoms with Crippen LogP contribution in [0.1, 0.15) is 35.9 Å². The van der Waals surface area contributed by atoms with Gasteiger partial charge >= 0.3 is 6.18 Å². The molecule has 35 heavy (non-hydrogen) atoms. The summed E-state index contributed by atoms with van der Waals surface area (Å²) in [4.78, 5) is 8.56. The summed E-state index contributed by atoms with van der Waals surface area (Å²) in [5.74, 6) is 0.666. The molecule has 5 nitrogen and oxygen atoms in total. The van der Waals surface area contributed by atoms with E-state index in [1.807, 2.05) is 41.0 Å². The van der Waals surface area contributed by atoms with Crippen LogP contribution in [0.4, 0.5) is 13.2 Å². The first-order valence-electron chi connectivity index (χ1n) is 11.3. The standard InChI is InChI=1S/C24H21ClF3N3O.C2H6O/c25-20-15-22-21(14-19(20)24(26,27)28)30-23(3-1-2-16-8-11-29-12-9-16)31(22)18-6-4-17(5-7-18)10-13-32;1-2-3/h4-9,11-12,14-15,32H,1-3,10,13H2;3H,2H2,1H3.